The van der Waals surface area contributed by atoms with Crippen LogP contribution in [-0.4, -0.2) is 19.8 Å². The SMILES string of the molecule is NCCCC1(c2ccc(Cl)cc2Cl)COC1. The van der Waals surface area contributed by atoms with E-state index in [-0.39, 0.29) is 5.41 Å². The summed E-state index contributed by atoms with van der Waals surface area (Å²) in [6.45, 7) is 2.16. The zero-order valence-electron chi connectivity index (χ0n) is 9.01. The summed E-state index contributed by atoms with van der Waals surface area (Å²) in [5, 5.41) is 1.40. The van der Waals surface area contributed by atoms with Crippen LogP contribution in [0, 0.1) is 0 Å². The second-order valence-corrected chi connectivity index (χ2v) is 5.13. The van der Waals surface area contributed by atoms with Gasteiger partial charge in [0.25, 0.3) is 0 Å². The lowest BCUT2D eigenvalue weighted by molar-refractivity contribution is -0.0648. The zero-order valence-corrected chi connectivity index (χ0v) is 10.5. The summed E-state index contributed by atoms with van der Waals surface area (Å²) in [6.07, 6.45) is 2.01. The van der Waals surface area contributed by atoms with Gasteiger partial charge in [-0.1, -0.05) is 29.3 Å². The van der Waals surface area contributed by atoms with Gasteiger partial charge in [0.15, 0.2) is 0 Å². The average molecular weight is 260 g/mol. The monoisotopic (exact) mass is 259 g/mol. The fourth-order valence-corrected chi connectivity index (χ4v) is 2.75. The predicted octanol–water partition coefficient (Wildman–Crippen LogP) is 3.00. The van der Waals surface area contributed by atoms with Crippen molar-refractivity contribution in [3.05, 3.63) is 33.8 Å². The summed E-state index contributed by atoms with van der Waals surface area (Å²) in [7, 11) is 0. The smallest absolute Gasteiger partial charge is 0.0586 e. The Morgan fingerprint density at radius 2 is 2.06 bits per heavy atom. The van der Waals surface area contributed by atoms with Crippen molar-refractivity contribution in [3.63, 3.8) is 0 Å². The third-order valence-corrected chi connectivity index (χ3v) is 3.67. The molecule has 0 aliphatic carbocycles. The minimum atomic E-state index is 0.0566. The van der Waals surface area contributed by atoms with Crippen molar-refractivity contribution < 1.29 is 4.74 Å². The Hall–Kier alpha value is -0.280. The molecule has 2 rings (SSSR count). The fourth-order valence-electron chi connectivity index (χ4n) is 2.14. The van der Waals surface area contributed by atoms with Gasteiger partial charge in [-0.3, -0.25) is 0 Å². The van der Waals surface area contributed by atoms with Crippen LogP contribution in [0.5, 0.6) is 0 Å². The van der Waals surface area contributed by atoms with Gasteiger partial charge in [-0.05, 0) is 37.1 Å². The molecule has 1 saturated heterocycles. The van der Waals surface area contributed by atoms with Gasteiger partial charge in [-0.25, -0.2) is 0 Å². The highest BCUT2D eigenvalue weighted by Crippen LogP contribution is 2.40. The van der Waals surface area contributed by atoms with Crippen LogP contribution in [0.2, 0.25) is 10.0 Å². The molecular formula is C12H15Cl2NO. The molecule has 1 aliphatic heterocycles. The Labute approximate surface area is 106 Å². The summed E-state index contributed by atoms with van der Waals surface area (Å²) >= 11 is 12.1. The van der Waals surface area contributed by atoms with Crippen molar-refractivity contribution in [2.24, 2.45) is 5.73 Å². The number of benzene rings is 1. The molecule has 0 unspecified atom stereocenters. The predicted molar refractivity (Wildman–Crippen MR) is 67.2 cm³/mol. The second-order valence-electron chi connectivity index (χ2n) is 4.29. The molecule has 2 nitrogen and oxygen atoms in total. The van der Waals surface area contributed by atoms with Crippen LogP contribution in [0.4, 0.5) is 0 Å². The summed E-state index contributed by atoms with van der Waals surface area (Å²) in [6, 6.07) is 5.68. The number of ether oxygens (including phenoxy) is 1. The van der Waals surface area contributed by atoms with Crippen LogP contribution in [0.3, 0.4) is 0 Å². The third-order valence-electron chi connectivity index (χ3n) is 3.12. The molecule has 0 spiro atoms. The van der Waals surface area contributed by atoms with Gasteiger partial charge in [0.2, 0.25) is 0 Å². The van der Waals surface area contributed by atoms with Crippen molar-refractivity contribution in [3.8, 4) is 0 Å². The first kappa shape index (κ1) is 12.2. The molecule has 88 valence electrons. The molecule has 1 aliphatic rings. The third kappa shape index (κ3) is 2.21. The van der Waals surface area contributed by atoms with Crippen molar-refractivity contribution in [2.75, 3.05) is 19.8 Å². The first-order valence-electron chi connectivity index (χ1n) is 5.41. The highest BCUT2D eigenvalue weighted by atomic mass is 35.5. The van der Waals surface area contributed by atoms with E-state index in [0.29, 0.717) is 11.6 Å². The van der Waals surface area contributed by atoms with Gasteiger partial charge in [0.05, 0.1) is 13.2 Å². The Bertz CT molecular complexity index is 377. The number of halogens is 2. The highest BCUT2D eigenvalue weighted by Gasteiger charge is 2.40. The lowest BCUT2D eigenvalue weighted by atomic mass is 9.75. The van der Waals surface area contributed by atoms with Crippen LogP contribution in [0.1, 0.15) is 18.4 Å². The topological polar surface area (TPSA) is 35.2 Å². The standard InChI is InChI=1S/C12H15Cl2NO/c13-9-2-3-10(11(14)6-9)12(4-1-5-15)7-16-8-12/h2-3,6H,1,4-5,7-8,15H2. The summed E-state index contributed by atoms with van der Waals surface area (Å²) in [5.41, 5.74) is 6.75. The number of hydrogen-bond donors (Lipinski definition) is 1. The minimum absolute atomic E-state index is 0.0566. The van der Waals surface area contributed by atoms with Crippen molar-refractivity contribution in [1.29, 1.82) is 0 Å². The van der Waals surface area contributed by atoms with Crippen molar-refractivity contribution >= 4 is 23.2 Å². The van der Waals surface area contributed by atoms with Gasteiger partial charge >= 0.3 is 0 Å². The average Bonchev–Trinajstić information content (AvgIpc) is 2.19. The van der Waals surface area contributed by atoms with Gasteiger partial charge in [0.1, 0.15) is 0 Å². The maximum Gasteiger partial charge on any atom is 0.0586 e. The van der Waals surface area contributed by atoms with Gasteiger partial charge in [0, 0.05) is 15.5 Å². The summed E-state index contributed by atoms with van der Waals surface area (Å²) in [4.78, 5) is 0. The lowest BCUT2D eigenvalue weighted by Crippen LogP contribution is -2.47. The van der Waals surface area contributed by atoms with E-state index in [0.717, 1.165) is 36.6 Å². The number of nitrogens with two attached hydrogens (primary N) is 1. The Morgan fingerprint density at radius 1 is 1.31 bits per heavy atom. The molecule has 2 N–H and O–H groups in total. The Balaban J connectivity index is 2.26. The van der Waals surface area contributed by atoms with Crippen LogP contribution >= 0.6 is 23.2 Å². The maximum atomic E-state index is 6.23. The first-order chi connectivity index (χ1) is 7.68. The normalized spacial score (nSPS) is 18.2. The minimum Gasteiger partial charge on any atom is -0.379 e. The molecule has 0 aromatic heterocycles. The van der Waals surface area contributed by atoms with E-state index in [1.165, 1.54) is 0 Å². The fraction of sp³-hybridized carbons (Fsp3) is 0.500. The quantitative estimate of drug-likeness (QED) is 0.903. The zero-order chi connectivity index (χ0) is 11.6. The van der Waals surface area contributed by atoms with Gasteiger partial charge < -0.3 is 10.5 Å². The van der Waals surface area contributed by atoms with E-state index in [4.69, 9.17) is 33.7 Å². The van der Waals surface area contributed by atoms with Crippen LogP contribution in [-0.2, 0) is 10.2 Å². The van der Waals surface area contributed by atoms with Crippen LogP contribution in [0.15, 0.2) is 18.2 Å². The number of rotatable bonds is 4. The van der Waals surface area contributed by atoms with Crippen LogP contribution < -0.4 is 5.73 Å². The number of hydrogen-bond acceptors (Lipinski definition) is 2. The van der Waals surface area contributed by atoms with Crippen LogP contribution in [0.25, 0.3) is 0 Å². The lowest BCUT2D eigenvalue weighted by Gasteiger charge is -2.42. The molecule has 1 fully saturated rings. The van der Waals surface area contributed by atoms with E-state index in [9.17, 15) is 0 Å². The molecular weight excluding hydrogens is 245 g/mol. The Kier molecular flexibility index (Phi) is 3.75. The molecule has 4 heteroatoms. The van der Waals surface area contributed by atoms with Crippen molar-refractivity contribution in [1.82, 2.24) is 0 Å². The molecule has 1 aromatic carbocycles. The molecule has 1 aromatic rings. The second kappa shape index (κ2) is 4.92. The van der Waals surface area contributed by atoms with E-state index in [1.807, 2.05) is 12.1 Å². The van der Waals surface area contributed by atoms with Crippen molar-refractivity contribution in [2.45, 2.75) is 18.3 Å². The van der Waals surface area contributed by atoms with E-state index in [1.54, 1.807) is 6.07 Å². The maximum absolute atomic E-state index is 6.23. The molecule has 16 heavy (non-hydrogen) atoms. The van der Waals surface area contributed by atoms with E-state index >= 15 is 0 Å². The molecule has 1 heterocycles. The summed E-state index contributed by atoms with van der Waals surface area (Å²) in [5.74, 6) is 0. The highest BCUT2D eigenvalue weighted by molar-refractivity contribution is 6.35. The molecule has 0 amide bonds. The van der Waals surface area contributed by atoms with Gasteiger partial charge in [-0.2, -0.15) is 0 Å². The van der Waals surface area contributed by atoms with E-state index in [2.05, 4.69) is 0 Å². The Morgan fingerprint density at radius 3 is 2.56 bits per heavy atom. The molecule has 0 saturated carbocycles. The first-order valence-corrected chi connectivity index (χ1v) is 6.17. The molecule has 0 atom stereocenters. The van der Waals surface area contributed by atoms with E-state index < -0.39 is 0 Å². The molecule has 0 radical (unpaired) electrons. The largest absolute Gasteiger partial charge is 0.379 e. The summed E-state index contributed by atoms with van der Waals surface area (Å²) < 4.78 is 5.34. The van der Waals surface area contributed by atoms with Gasteiger partial charge in [-0.15, -0.1) is 0 Å². The molecule has 0 bridgehead atoms.